The van der Waals surface area contributed by atoms with Gasteiger partial charge in [-0.1, -0.05) is 17.2 Å². The lowest BCUT2D eigenvalue weighted by Gasteiger charge is -2.20. The summed E-state index contributed by atoms with van der Waals surface area (Å²) >= 11 is 5.49. The highest BCUT2D eigenvalue weighted by Crippen LogP contribution is 2.20. The molecule has 1 fully saturated rings. The van der Waals surface area contributed by atoms with Gasteiger partial charge in [0.05, 0.1) is 0 Å². The fraction of sp³-hybridized carbons (Fsp3) is 0.556. The molecule has 1 atom stereocenters. The SMILES string of the molecule is C/C(=C\Cl)CC1CCC(=O)NC1=O. The fourth-order valence-corrected chi connectivity index (χ4v) is 1.46. The zero-order valence-electron chi connectivity index (χ0n) is 7.47. The van der Waals surface area contributed by atoms with E-state index in [1.807, 2.05) is 6.92 Å². The molecule has 1 heterocycles. The minimum Gasteiger partial charge on any atom is -0.296 e. The number of carbonyl (C=O) groups is 2. The smallest absolute Gasteiger partial charge is 0.229 e. The molecule has 0 spiro atoms. The topological polar surface area (TPSA) is 46.2 Å². The van der Waals surface area contributed by atoms with E-state index in [2.05, 4.69) is 5.32 Å². The number of hydrogen-bond donors (Lipinski definition) is 1. The number of imide groups is 1. The average molecular weight is 202 g/mol. The molecule has 1 N–H and O–H groups in total. The Hall–Kier alpha value is -0.830. The van der Waals surface area contributed by atoms with E-state index in [1.54, 1.807) is 0 Å². The van der Waals surface area contributed by atoms with Crippen LogP contribution in [0.4, 0.5) is 0 Å². The first-order valence-electron chi connectivity index (χ1n) is 4.23. The minimum absolute atomic E-state index is 0.0901. The predicted molar refractivity (Wildman–Crippen MR) is 50.1 cm³/mol. The van der Waals surface area contributed by atoms with Crippen LogP contribution in [0.1, 0.15) is 26.2 Å². The Morgan fingerprint density at radius 2 is 2.38 bits per heavy atom. The number of allylic oxidation sites excluding steroid dienone is 1. The van der Waals surface area contributed by atoms with Crippen molar-refractivity contribution in [1.29, 1.82) is 0 Å². The first-order chi connectivity index (χ1) is 6.13. The van der Waals surface area contributed by atoms with Crippen LogP contribution in [-0.4, -0.2) is 11.8 Å². The first kappa shape index (κ1) is 10.3. The van der Waals surface area contributed by atoms with Crippen LogP contribution in [-0.2, 0) is 9.59 Å². The molecule has 0 saturated carbocycles. The van der Waals surface area contributed by atoms with Crippen LogP contribution in [0.3, 0.4) is 0 Å². The summed E-state index contributed by atoms with van der Waals surface area (Å²) in [6.45, 7) is 1.87. The molecule has 0 bridgehead atoms. The van der Waals surface area contributed by atoms with Crippen molar-refractivity contribution in [1.82, 2.24) is 5.32 Å². The van der Waals surface area contributed by atoms with Gasteiger partial charge in [0.2, 0.25) is 11.8 Å². The van der Waals surface area contributed by atoms with Crippen LogP contribution < -0.4 is 5.32 Å². The van der Waals surface area contributed by atoms with Crippen LogP contribution in [0.25, 0.3) is 0 Å². The van der Waals surface area contributed by atoms with E-state index in [1.165, 1.54) is 5.54 Å². The van der Waals surface area contributed by atoms with Crippen molar-refractivity contribution in [2.24, 2.45) is 5.92 Å². The van der Waals surface area contributed by atoms with Gasteiger partial charge < -0.3 is 0 Å². The Kier molecular flexibility index (Phi) is 3.48. The number of hydrogen-bond acceptors (Lipinski definition) is 2. The lowest BCUT2D eigenvalue weighted by Crippen LogP contribution is -2.40. The summed E-state index contributed by atoms with van der Waals surface area (Å²) in [7, 11) is 0. The molecule has 1 rings (SSSR count). The summed E-state index contributed by atoms with van der Waals surface area (Å²) in [5.41, 5.74) is 2.44. The van der Waals surface area contributed by atoms with Gasteiger partial charge in [-0.05, 0) is 19.8 Å². The molecule has 0 radical (unpaired) electrons. The molecular formula is C9H12ClNO2. The zero-order valence-corrected chi connectivity index (χ0v) is 8.23. The Balaban J connectivity index is 2.52. The van der Waals surface area contributed by atoms with Gasteiger partial charge in [-0.15, -0.1) is 0 Å². The second-order valence-corrected chi connectivity index (χ2v) is 3.53. The maximum Gasteiger partial charge on any atom is 0.229 e. The normalized spacial score (nSPS) is 24.5. The highest BCUT2D eigenvalue weighted by Gasteiger charge is 2.26. The van der Waals surface area contributed by atoms with Gasteiger partial charge in [0, 0.05) is 17.9 Å². The first-order valence-corrected chi connectivity index (χ1v) is 4.66. The molecule has 0 aromatic rings. The third-order valence-corrected chi connectivity index (χ3v) is 2.48. The summed E-state index contributed by atoms with van der Waals surface area (Å²) < 4.78 is 0. The fourth-order valence-electron chi connectivity index (χ4n) is 1.37. The molecule has 13 heavy (non-hydrogen) atoms. The van der Waals surface area contributed by atoms with Crippen LogP contribution in [0.5, 0.6) is 0 Å². The van der Waals surface area contributed by atoms with E-state index >= 15 is 0 Å². The molecule has 4 heteroatoms. The summed E-state index contributed by atoms with van der Waals surface area (Å²) in [6, 6.07) is 0. The molecule has 2 amide bonds. The second-order valence-electron chi connectivity index (χ2n) is 3.31. The number of halogens is 1. The lowest BCUT2D eigenvalue weighted by molar-refractivity contribution is -0.136. The number of rotatable bonds is 2. The number of nitrogens with one attached hydrogen (secondary N) is 1. The minimum atomic E-state index is -0.172. The van der Waals surface area contributed by atoms with Crippen molar-refractivity contribution >= 4 is 23.4 Å². The summed E-state index contributed by atoms with van der Waals surface area (Å²) in [5.74, 6) is -0.435. The second kappa shape index (κ2) is 4.42. The Bertz CT molecular complexity index is 260. The standard InChI is InChI=1S/C9H12ClNO2/c1-6(5-10)4-7-2-3-8(12)11-9(7)13/h5,7H,2-4H2,1H3,(H,11,12,13)/b6-5+. The molecule has 1 saturated heterocycles. The molecular weight excluding hydrogens is 190 g/mol. The van der Waals surface area contributed by atoms with Crippen molar-refractivity contribution < 1.29 is 9.59 Å². The molecule has 72 valence electrons. The van der Waals surface area contributed by atoms with Gasteiger partial charge in [-0.25, -0.2) is 0 Å². The largest absolute Gasteiger partial charge is 0.296 e. The Labute approximate surface area is 82.1 Å². The number of piperidine rings is 1. The van der Waals surface area contributed by atoms with E-state index in [0.717, 1.165) is 5.57 Å². The van der Waals surface area contributed by atoms with Crippen molar-refractivity contribution in [3.63, 3.8) is 0 Å². The van der Waals surface area contributed by atoms with E-state index in [-0.39, 0.29) is 17.7 Å². The highest BCUT2D eigenvalue weighted by molar-refractivity contribution is 6.25. The van der Waals surface area contributed by atoms with Gasteiger partial charge in [0.1, 0.15) is 0 Å². The van der Waals surface area contributed by atoms with Gasteiger partial charge in [-0.2, -0.15) is 0 Å². The molecule has 0 aliphatic carbocycles. The van der Waals surface area contributed by atoms with Gasteiger partial charge in [0.25, 0.3) is 0 Å². The van der Waals surface area contributed by atoms with E-state index in [4.69, 9.17) is 11.6 Å². The van der Waals surface area contributed by atoms with Crippen molar-refractivity contribution in [2.75, 3.05) is 0 Å². The Morgan fingerprint density at radius 3 is 2.92 bits per heavy atom. The predicted octanol–water partition coefficient (Wildman–Crippen LogP) is 1.57. The van der Waals surface area contributed by atoms with Crippen LogP contribution >= 0.6 is 11.6 Å². The number of carbonyl (C=O) groups excluding carboxylic acids is 2. The molecule has 1 aliphatic heterocycles. The van der Waals surface area contributed by atoms with Crippen LogP contribution in [0.2, 0.25) is 0 Å². The third-order valence-electron chi connectivity index (χ3n) is 2.11. The van der Waals surface area contributed by atoms with Gasteiger partial charge in [-0.3, -0.25) is 14.9 Å². The summed E-state index contributed by atoms with van der Waals surface area (Å²) in [4.78, 5) is 22.1. The summed E-state index contributed by atoms with van der Waals surface area (Å²) in [5, 5.41) is 2.31. The highest BCUT2D eigenvalue weighted by atomic mass is 35.5. The Morgan fingerprint density at radius 1 is 1.69 bits per heavy atom. The van der Waals surface area contributed by atoms with Gasteiger partial charge in [0.15, 0.2) is 0 Å². The monoisotopic (exact) mass is 201 g/mol. The van der Waals surface area contributed by atoms with Crippen LogP contribution in [0.15, 0.2) is 11.1 Å². The van der Waals surface area contributed by atoms with E-state index < -0.39 is 0 Å². The third kappa shape index (κ3) is 2.84. The molecule has 0 aromatic heterocycles. The average Bonchev–Trinajstić information content (AvgIpc) is 2.09. The zero-order chi connectivity index (χ0) is 9.84. The van der Waals surface area contributed by atoms with Crippen LogP contribution in [0, 0.1) is 5.92 Å². The van der Waals surface area contributed by atoms with E-state index in [0.29, 0.717) is 19.3 Å². The van der Waals surface area contributed by atoms with Crippen molar-refractivity contribution in [3.8, 4) is 0 Å². The van der Waals surface area contributed by atoms with Crippen molar-refractivity contribution in [2.45, 2.75) is 26.2 Å². The molecule has 1 unspecified atom stereocenters. The number of amides is 2. The molecule has 3 nitrogen and oxygen atoms in total. The summed E-state index contributed by atoms with van der Waals surface area (Å²) in [6.07, 6.45) is 1.71. The van der Waals surface area contributed by atoms with Crippen molar-refractivity contribution in [3.05, 3.63) is 11.1 Å². The quantitative estimate of drug-likeness (QED) is 0.690. The maximum absolute atomic E-state index is 11.3. The maximum atomic E-state index is 11.3. The lowest BCUT2D eigenvalue weighted by atomic mass is 9.92. The van der Waals surface area contributed by atoms with Gasteiger partial charge >= 0.3 is 0 Å². The molecule has 0 aromatic carbocycles. The van der Waals surface area contributed by atoms with E-state index in [9.17, 15) is 9.59 Å². The molecule has 1 aliphatic rings.